The van der Waals surface area contributed by atoms with E-state index >= 15 is 0 Å². The van der Waals surface area contributed by atoms with E-state index in [9.17, 15) is 9.59 Å². The number of carbonyl (C=O) groups is 1. The highest BCUT2D eigenvalue weighted by Gasteiger charge is 2.25. The summed E-state index contributed by atoms with van der Waals surface area (Å²) in [6.07, 6.45) is 2.96. The quantitative estimate of drug-likeness (QED) is 0.787. The number of amides is 1. The van der Waals surface area contributed by atoms with Crippen molar-refractivity contribution in [1.82, 2.24) is 14.5 Å². The Morgan fingerprint density at radius 3 is 2.46 bits per heavy atom. The molecule has 26 heavy (non-hydrogen) atoms. The summed E-state index contributed by atoms with van der Waals surface area (Å²) in [6.45, 7) is 1.43. The lowest BCUT2D eigenvalue weighted by Crippen LogP contribution is -2.40. The van der Waals surface area contributed by atoms with Gasteiger partial charge in [-0.1, -0.05) is 42.5 Å². The molecule has 0 spiro atoms. The van der Waals surface area contributed by atoms with Gasteiger partial charge in [0, 0.05) is 25.6 Å². The molecule has 0 unspecified atom stereocenters. The molecule has 0 atom stereocenters. The number of carbonyl (C=O) groups excluding carboxylic acids is 1. The normalized spacial score (nSPS) is 15.5. The fourth-order valence-electron chi connectivity index (χ4n) is 3.86. The Hall–Kier alpha value is -2.82. The van der Waals surface area contributed by atoms with Gasteiger partial charge < -0.3 is 9.88 Å². The zero-order valence-electron chi connectivity index (χ0n) is 14.7. The van der Waals surface area contributed by atoms with Crippen LogP contribution in [0.15, 0.2) is 59.4 Å². The third-order valence-corrected chi connectivity index (χ3v) is 5.28. The molecular formula is C21H23N3O2. The Morgan fingerprint density at radius 1 is 1.00 bits per heavy atom. The lowest BCUT2D eigenvalue weighted by atomic mass is 10.0. The molecule has 2 heterocycles. The van der Waals surface area contributed by atoms with Crippen LogP contribution in [-0.4, -0.2) is 33.4 Å². The number of H-pyrrole nitrogens is 1. The summed E-state index contributed by atoms with van der Waals surface area (Å²) >= 11 is 0. The maximum absolute atomic E-state index is 12.5. The molecule has 5 heteroatoms. The molecule has 1 saturated heterocycles. The van der Waals surface area contributed by atoms with Crippen molar-refractivity contribution in [2.24, 2.45) is 0 Å². The highest BCUT2D eigenvalue weighted by atomic mass is 16.2. The molecule has 1 aromatic heterocycles. The number of hydrogen-bond donors (Lipinski definition) is 1. The van der Waals surface area contributed by atoms with E-state index < -0.39 is 0 Å². The molecule has 1 aliphatic rings. The number of aromatic amines is 1. The molecule has 1 amide bonds. The average molecular weight is 349 g/mol. The van der Waals surface area contributed by atoms with Crippen LogP contribution in [0, 0.1) is 0 Å². The number of fused-ring (bicyclic) bond motifs is 1. The summed E-state index contributed by atoms with van der Waals surface area (Å²) in [4.78, 5) is 29.7. The first kappa shape index (κ1) is 16.6. The molecule has 0 bridgehead atoms. The number of hydrogen-bond acceptors (Lipinski definition) is 2. The van der Waals surface area contributed by atoms with Crippen molar-refractivity contribution in [3.63, 3.8) is 0 Å². The number of nitrogens with one attached hydrogen (secondary N) is 1. The third-order valence-electron chi connectivity index (χ3n) is 5.28. The number of rotatable bonds is 4. The van der Waals surface area contributed by atoms with Gasteiger partial charge in [0.05, 0.1) is 11.0 Å². The van der Waals surface area contributed by atoms with Gasteiger partial charge in [0.15, 0.2) is 0 Å². The number of likely N-dealkylation sites (tertiary alicyclic amines) is 1. The van der Waals surface area contributed by atoms with E-state index in [-0.39, 0.29) is 17.6 Å². The van der Waals surface area contributed by atoms with Crippen molar-refractivity contribution in [1.29, 1.82) is 0 Å². The fourth-order valence-corrected chi connectivity index (χ4v) is 3.86. The van der Waals surface area contributed by atoms with Crippen molar-refractivity contribution < 1.29 is 4.79 Å². The maximum atomic E-state index is 12.5. The van der Waals surface area contributed by atoms with E-state index in [2.05, 4.69) is 17.1 Å². The molecule has 0 aliphatic carbocycles. The monoisotopic (exact) mass is 349 g/mol. The van der Waals surface area contributed by atoms with Gasteiger partial charge in [-0.3, -0.25) is 9.36 Å². The van der Waals surface area contributed by atoms with Crippen LogP contribution < -0.4 is 5.69 Å². The minimum Gasteiger partial charge on any atom is -0.343 e. The summed E-state index contributed by atoms with van der Waals surface area (Å²) in [7, 11) is 0. The summed E-state index contributed by atoms with van der Waals surface area (Å²) in [6, 6.07) is 18.0. The zero-order chi connectivity index (χ0) is 17.9. The second-order valence-corrected chi connectivity index (χ2v) is 6.91. The summed E-state index contributed by atoms with van der Waals surface area (Å²) in [5.74, 6) is 0.207. The summed E-state index contributed by atoms with van der Waals surface area (Å²) < 4.78 is 1.86. The van der Waals surface area contributed by atoms with Crippen LogP contribution in [0.2, 0.25) is 0 Å². The predicted molar refractivity (Wildman–Crippen MR) is 102 cm³/mol. The topological polar surface area (TPSA) is 58.1 Å². The Kier molecular flexibility index (Phi) is 4.61. The SMILES string of the molecule is O=C(CCc1ccccc1)N1CCC(n2c(=O)[nH]c3ccccc32)CC1. The second-order valence-electron chi connectivity index (χ2n) is 6.91. The standard InChI is InChI=1S/C21H23N3O2/c25-20(11-10-16-6-2-1-3-7-16)23-14-12-17(13-15-23)24-19-9-5-4-8-18(19)22-21(24)26/h1-9,17H,10-15H2,(H,22,26). The van der Waals surface area contributed by atoms with Gasteiger partial charge in [0.25, 0.3) is 0 Å². The van der Waals surface area contributed by atoms with Crippen molar-refractivity contribution in [2.45, 2.75) is 31.7 Å². The minimum absolute atomic E-state index is 0.0555. The van der Waals surface area contributed by atoms with Crippen molar-refractivity contribution in [3.8, 4) is 0 Å². The molecule has 134 valence electrons. The number of piperidine rings is 1. The lowest BCUT2D eigenvalue weighted by molar-refractivity contribution is -0.132. The second kappa shape index (κ2) is 7.20. The van der Waals surface area contributed by atoms with Crippen LogP contribution in [0.3, 0.4) is 0 Å². The van der Waals surface area contributed by atoms with Crippen LogP contribution in [0.1, 0.15) is 30.9 Å². The van der Waals surface area contributed by atoms with Gasteiger partial charge in [-0.2, -0.15) is 0 Å². The highest BCUT2D eigenvalue weighted by molar-refractivity contribution is 5.77. The molecular weight excluding hydrogens is 326 g/mol. The third kappa shape index (κ3) is 3.29. The number of aryl methyl sites for hydroxylation is 1. The minimum atomic E-state index is -0.0555. The van der Waals surface area contributed by atoms with Gasteiger partial charge in [0.1, 0.15) is 0 Å². The Bertz CT molecular complexity index is 950. The average Bonchev–Trinajstić information content (AvgIpc) is 3.03. The van der Waals surface area contributed by atoms with Gasteiger partial charge in [0.2, 0.25) is 5.91 Å². The first-order valence-electron chi connectivity index (χ1n) is 9.23. The number of aromatic nitrogens is 2. The van der Waals surface area contributed by atoms with Crippen molar-refractivity contribution >= 4 is 16.9 Å². The lowest BCUT2D eigenvalue weighted by Gasteiger charge is -2.32. The molecule has 3 aromatic rings. The Balaban J connectivity index is 1.38. The van der Waals surface area contributed by atoms with Gasteiger partial charge in [-0.25, -0.2) is 4.79 Å². The van der Waals surface area contributed by atoms with Gasteiger partial charge in [-0.05, 0) is 37.0 Å². The highest BCUT2D eigenvalue weighted by Crippen LogP contribution is 2.25. The number of nitrogens with zero attached hydrogens (tertiary/aromatic N) is 2. The first-order chi connectivity index (χ1) is 12.7. The predicted octanol–water partition coefficient (Wildman–Crippen LogP) is 3.13. The van der Waals surface area contributed by atoms with Crippen LogP contribution in [0.5, 0.6) is 0 Å². The molecule has 2 aromatic carbocycles. The smallest absolute Gasteiger partial charge is 0.326 e. The largest absolute Gasteiger partial charge is 0.343 e. The van der Waals surface area contributed by atoms with E-state index in [0.717, 1.165) is 30.3 Å². The van der Waals surface area contributed by atoms with E-state index in [1.165, 1.54) is 5.56 Å². The van der Waals surface area contributed by atoms with E-state index in [1.807, 2.05) is 51.9 Å². The summed E-state index contributed by atoms with van der Waals surface area (Å²) in [5.41, 5.74) is 2.96. The number of imidazole rings is 1. The van der Waals surface area contributed by atoms with Crippen molar-refractivity contribution in [3.05, 3.63) is 70.6 Å². The fraction of sp³-hybridized carbons (Fsp3) is 0.333. The first-order valence-corrected chi connectivity index (χ1v) is 9.23. The number of benzene rings is 2. The van der Waals surface area contributed by atoms with Crippen molar-refractivity contribution in [2.75, 3.05) is 13.1 Å². The Labute approximate surface area is 152 Å². The molecule has 5 nitrogen and oxygen atoms in total. The molecule has 1 fully saturated rings. The van der Waals surface area contributed by atoms with Crippen LogP contribution in [-0.2, 0) is 11.2 Å². The number of para-hydroxylation sites is 2. The van der Waals surface area contributed by atoms with Crippen LogP contribution >= 0.6 is 0 Å². The molecule has 1 N–H and O–H groups in total. The zero-order valence-corrected chi connectivity index (χ0v) is 14.7. The van der Waals surface area contributed by atoms with Gasteiger partial charge >= 0.3 is 5.69 Å². The molecule has 4 rings (SSSR count). The van der Waals surface area contributed by atoms with E-state index in [0.29, 0.717) is 19.5 Å². The van der Waals surface area contributed by atoms with Crippen LogP contribution in [0.4, 0.5) is 0 Å². The van der Waals surface area contributed by atoms with E-state index in [4.69, 9.17) is 0 Å². The summed E-state index contributed by atoms with van der Waals surface area (Å²) in [5, 5.41) is 0. The van der Waals surface area contributed by atoms with Crippen LogP contribution in [0.25, 0.3) is 11.0 Å². The van der Waals surface area contributed by atoms with E-state index in [1.54, 1.807) is 0 Å². The molecule has 0 saturated carbocycles. The molecule has 0 radical (unpaired) electrons. The molecule has 1 aliphatic heterocycles. The van der Waals surface area contributed by atoms with Gasteiger partial charge in [-0.15, -0.1) is 0 Å². The Morgan fingerprint density at radius 2 is 1.69 bits per heavy atom. The maximum Gasteiger partial charge on any atom is 0.326 e.